The van der Waals surface area contributed by atoms with Crippen LogP contribution in [0.1, 0.15) is 0 Å². The Morgan fingerprint density at radius 2 is 1.90 bits per heavy atom. The van der Waals surface area contributed by atoms with E-state index in [1.807, 2.05) is 11.9 Å². The number of hydrogen-bond donors (Lipinski definition) is 2. The van der Waals surface area contributed by atoms with E-state index in [9.17, 15) is 18.0 Å². The van der Waals surface area contributed by atoms with Crippen molar-refractivity contribution in [1.82, 2.24) is 15.3 Å². The molecule has 2 amide bonds. The van der Waals surface area contributed by atoms with E-state index >= 15 is 0 Å². The van der Waals surface area contributed by atoms with E-state index in [4.69, 9.17) is 0 Å². The normalized spacial score (nSPS) is 16.8. The van der Waals surface area contributed by atoms with Gasteiger partial charge in [0.05, 0.1) is 6.67 Å². The van der Waals surface area contributed by atoms with Gasteiger partial charge in [0.15, 0.2) is 0 Å². The predicted molar refractivity (Wildman–Crippen MR) is 69.5 cm³/mol. The van der Waals surface area contributed by atoms with Crippen LogP contribution in [0.2, 0.25) is 0 Å². The summed E-state index contributed by atoms with van der Waals surface area (Å²) in [6.07, 6.45) is -4.73. The van der Waals surface area contributed by atoms with Crippen molar-refractivity contribution in [1.29, 1.82) is 0 Å². The highest BCUT2D eigenvalue weighted by atomic mass is 19.4. The minimum atomic E-state index is -4.73. The van der Waals surface area contributed by atoms with Gasteiger partial charge in [0.2, 0.25) is 0 Å². The summed E-state index contributed by atoms with van der Waals surface area (Å²) in [5, 5.41) is 4.26. The molecule has 6 nitrogen and oxygen atoms in total. The van der Waals surface area contributed by atoms with Crippen molar-refractivity contribution in [3.05, 3.63) is 24.3 Å². The molecule has 0 saturated carbocycles. The Kier molecular flexibility index (Phi) is 4.53. The van der Waals surface area contributed by atoms with Crippen LogP contribution in [0.5, 0.6) is 5.75 Å². The quantitative estimate of drug-likeness (QED) is 0.894. The number of ether oxygens (including phenoxy) is 1. The lowest BCUT2D eigenvalue weighted by Gasteiger charge is -2.17. The van der Waals surface area contributed by atoms with Gasteiger partial charge in [-0.1, -0.05) is 0 Å². The van der Waals surface area contributed by atoms with Gasteiger partial charge in [0.25, 0.3) is 0 Å². The molecule has 0 aromatic heterocycles. The van der Waals surface area contributed by atoms with E-state index < -0.39 is 12.4 Å². The number of urea groups is 1. The van der Waals surface area contributed by atoms with Gasteiger partial charge in [-0.05, 0) is 31.3 Å². The molecule has 0 unspecified atom stereocenters. The fourth-order valence-corrected chi connectivity index (χ4v) is 1.86. The van der Waals surface area contributed by atoms with E-state index in [-0.39, 0.29) is 5.75 Å². The number of benzene rings is 1. The highest BCUT2D eigenvalue weighted by Gasteiger charge is 2.31. The first kappa shape index (κ1) is 15.4. The van der Waals surface area contributed by atoms with Crippen molar-refractivity contribution in [2.24, 2.45) is 0 Å². The molecule has 116 valence electrons. The van der Waals surface area contributed by atoms with Gasteiger partial charge in [-0.25, -0.2) is 9.80 Å². The molecule has 9 heteroatoms. The topological polar surface area (TPSA) is 56.8 Å². The number of nitrogens with zero attached hydrogens (tertiary/aromatic N) is 2. The summed E-state index contributed by atoms with van der Waals surface area (Å²) in [5.41, 5.74) is 3.01. The van der Waals surface area contributed by atoms with Gasteiger partial charge in [0.1, 0.15) is 5.75 Å². The molecule has 0 aliphatic carbocycles. The van der Waals surface area contributed by atoms with Crippen LogP contribution >= 0.6 is 0 Å². The summed E-state index contributed by atoms with van der Waals surface area (Å²) < 4.78 is 39.7. The second-order valence-electron chi connectivity index (χ2n) is 4.62. The number of likely N-dealkylation sites (N-methyl/N-ethyl adjacent to an activating group) is 1. The Balaban J connectivity index is 1.84. The number of nitrogens with one attached hydrogen (secondary N) is 2. The average molecular weight is 304 g/mol. The number of carbonyl (C=O) groups excluding carboxylic acids is 1. The zero-order chi connectivity index (χ0) is 15.5. The molecule has 21 heavy (non-hydrogen) atoms. The maximum absolute atomic E-state index is 12.0. The SMILES string of the molecule is CN1CCN(NC(=O)Nc2ccc(OC(F)(F)F)cc2)C1. The van der Waals surface area contributed by atoms with E-state index in [2.05, 4.69) is 15.5 Å². The molecule has 1 aliphatic heterocycles. The number of carbonyl (C=O) groups is 1. The largest absolute Gasteiger partial charge is 0.573 e. The summed E-state index contributed by atoms with van der Waals surface area (Å²) in [7, 11) is 1.93. The Morgan fingerprint density at radius 1 is 1.24 bits per heavy atom. The van der Waals surface area contributed by atoms with Crippen molar-refractivity contribution < 1.29 is 22.7 Å². The number of rotatable bonds is 3. The molecule has 1 aromatic carbocycles. The zero-order valence-corrected chi connectivity index (χ0v) is 11.3. The second-order valence-corrected chi connectivity index (χ2v) is 4.62. The smallest absolute Gasteiger partial charge is 0.406 e. The summed E-state index contributed by atoms with van der Waals surface area (Å²) in [4.78, 5) is 13.7. The Labute approximate surface area is 119 Å². The highest BCUT2D eigenvalue weighted by Crippen LogP contribution is 2.23. The first-order valence-corrected chi connectivity index (χ1v) is 6.19. The first-order chi connectivity index (χ1) is 9.82. The number of anilines is 1. The zero-order valence-electron chi connectivity index (χ0n) is 11.3. The monoisotopic (exact) mass is 304 g/mol. The molecule has 1 fully saturated rings. The number of hydrazine groups is 1. The minimum Gasteiger partial charge on any atom is -0.406 e. The third-order valence-electron chi connectivity index (χ3n) is 2.77. The van der Waals surface area contributed by atoms with Crippen LogP contribution in [0, 0.1) is 0 Å². The van der Waals surface area contributed by atoms with Crippen LogP contribution in [-0.2, 0) is 0 Å². The van der Waals surface area contributed by atoms with Gasteiger partial charge in [0, 0.05) is 18.8 Å². The molecule has 1 aromatic rings. The molecule has 0 radical (unpaired) electrons. The second kappa shape index (κ2) is 6.19. The lowest BCUT2D eigenvalue weighted by molar-refractivity contribution is -0.274. The molecular weight excluding hydrogens is 289 g/mol. The Morgan fingerprint density at radius 3 is 2.43 bits per heavy atom. The van der Waals surface area contributed by atoms with Crippen molar-refractivity contribution in [2.75, 3.05) is 32.1 Å². The van der Waals surface area contributed by atoms with Gasteiger partial charge in [-0.3, -0.25) is 10.3 Å². The fraction of sp³-hybridized carbons (Fsp3) is 0.417. The molecular formula is C12H15F3N4O2. The third-order valence-corrected chi connectivity index (χ3v) is 2.77. The van der Waals surface area contributed by atoms with Crippen LogP contribution < -0.4 is 15.5 Å². The maximum atomic E-state index is 12.0. The highest BCUT2D eigenvalue weighted by molar-refractivity contribution is 5.88. The number of alkyl halides is 3. The summed E-state index contributed by atoms with van der Waals surface area (Å²) in [5.74, 6) is -0.338. The van der Waals surface area contributed by atoms with Crippen LogP contribution in [0.3, 0.4) is 0 Å². The molecule has 0 spiro atoms. The fourth-order valence-electron chi connectivity index (χ4n) is 1.86. The van der Waals surface area contributed by atoms with Gasteiger partial charge in [-0.15, -0.1) is 13.2 Å². The predicted octanol–water partition coefficient (Wildman–Crippen LogP) is 1.83. The average Bonchev–Trinajstić information content (AvgIpc) is 2.75. The van der Waals surface area contributed by atoms with Crippen molar-refractivity contribution >= 4 is 11.7 Å². The summed E-state index contributed by atoms with van der Waals surface area (Å²) in [6.45, 7) is 2.18. The van der Waals surface area contributed by atoms with E-state index in [1.54, 1.807) is 5.01 Å². The Hall–Kier alpha value is -2.00. The molecule has 1 saturated heterocycles. The van der Waals surface area contributed by atoms with E-state index in [1.165, 1.54) is 12.1 Å². The summed E-state index contributed by atoms with van der Waals surface area (Å²) in [6, 6.07) is 4.47. The summed E-state index contributed by atoms with van der Waals surface area (Å²) >= 11 is 0. The third kappa shape index (κ3) is 5.12. The standard InChI is InChI=1S/C12H15F3N4O2/c1-18-6-7-19(8-18)17-11(20)16-9-2-4-10(5-3-9)21-12(13,14)15/h2-5H,6-8H2,1H3,(H2,16,17,20). The number of halogens is 3. The minimum absolute atomic E-state index is 0.338. The van der Waals surface area contributed by atoms with E-state index in [0.717, 1.165) is 18.7 Å². The molecule has 1 aliphatic rings. The van der Waals surface area contributed by atoms with Crippen LogP contribution in [0.25, 0.3) is 0 Å². The number of amides is 2. The molecule has 2 N–H and O–H groups in total. The first-order valence-electron chi connectivity index (χ1n) is 6.19. The van der Waals surface area contributed by atoms with Crippen molar-refractivity contribution in [3.63, 3.8) is 0 Å². The van der Waals surface area contributed by atoms with Crippen LogP contribution in [0.15, 0.2) is 24.3 Å². The van der Waals surface area contributed by atoms with Crippen molar-refractivity contribution in [2.45, 2.75) is 6.36 Å². The number of hydrogen-bond acceptors (Lipinski definition) is 4. The molecule has 1 heterocycles. The van der Waals surface area contributed by atoms with Crippen LogP contribution in [-0.4, -0.2) is 49.1 Å². The van der Waals surface area contributed by atoms with E-state index in [0.29, 0.717) is 18.9 Å². The van der Waals surface area contributed by atoms with Gasteiger partial charge >= 0.3 is 12.4 Å². The van der Waals surface area contributed by atoms with Gasteiger partial charge in [-0.2, -0.15) is 0 Å². The maximum Gasteiger partial charge on any atom is 0.573 e. The molecule has 2 rings (SSSR count). The Bertz CT molecular complexity index is 492. The lowest BCUT2D eigenvalue weighted by Crippen LogP contribution is -2.43. The molecule has 0 bridgehead atoms. The van der Waals surface area contributed by atoms with Crippen molar-refractivity contribution in [3.8, 4) is 5.75 Å². The lowest BCUT2D eigenvalue weighted by atomic mass is 10.3. The van der Waals surface area contributed by atoms with Gasteiger partial charge < -0.3 is 10.1 Å². The van der Waals surface area contributed by atoms with Crippen LogP contribution in [0.4, 0.5) is 23.7 Å². The molecule has 0 atom stereocenters.